The molecule has 1 saturated heterocycles. The molecule has 25 heavy (non-hydrogen) atoms. The van der Waals surface area contributed by atoms with Gasteiger partial charge in [-0.05, 0) is 48.2 Å². The Balaban J connectivity index is 1.87. The van der Waals surface area contributed by atoms with E-state index in [1.165, 1.54) is 12.0 Å². The molecule has 1 aliphatic rings. The quantitative estimate of drug-likeness (QED) is 0.919. The van der Waals surface area contributed by atoms with Gasteiger partial charge in [-0.15, -0.1) is 0 Å². The molecule has 0 aromatic heterocycles. The largest absolute Gasteiger partial charge is 0.497 e. The Kier molecular flexibility index (Phi) is 5.71. The molecule has 2 aromatic carbocycles. The van der Waals surface area contributed by atoms with Gasteiger partial charge >= 0.3 is 0 Å². The van der Waals surface area contributed by atoms with Crippen molar-refractivity contribution in [1.29, 1.82) is 0 Å². The maximum atomic E-state index is 13.1. The number of amides is 1. The van der Waals surface area contributed by atoms with Crippen molar-refractivity contribution in [3.8, 4) is 5.75 Å². The highest BCUT2D eigenvalue weighted by atomic mass is 16.5. The second-order valence-electron chi connectivity index (χ2n) is 6.54. The summed E-state index contributed by atoms with van der Waals surface area (Å²) in [5, 5.41) is 0. The summed E-state index contributed by atoms with van der Waals surface area (Å²) in [6.45, 7) is 1.29. The summed E-state index contributed by atoms with van der Waals surface area (Å²) in [5.41, 5.74) is 8.61. The maximum Gasteiger partial charge on any atom is 0.254 e. The number of nitrogens with two attached hydrogens (primary N) is 1. The Morgan fingerprint density at radius 2 is 1.80 bits per heavy atom. The first-order chi connectivity index (χ1) is 12.2. The van der Waals surface area contributed by atoms with Gasteiger partial charge in [0, 0.05) is 18.7 Å². The van der Waals surface area contributed by atoms with E-state index in [9.17, 15) is 4.79 Å². The topological polar surface area (TPSA) is 55.6 Å². The van der Waals surface area contributed by atoms with E-state index in [2.05, 4.69) is 12.1 Å². The molecule has 1 heterocycles. The average molecular weight is 338 g/mol. The SMILES string of the molecule is COc1ccc(C2CCCCCN2C(=O)c2ccc(CN)cc2)cc1. The Hall–Kier alpha value is -2.33. The van der Waals surface area contributed by atoms with E-state index in [1.54, 1.807) is 7.11 Å². The van der Waals surface area contributed by atoms with Crippen LogP contribution in [-0.4, -0.2) is 24.5 Å². The van der Waals surface area contributed by atoms with Crippen LogP contribution in [-0.2, 0) is 6.54 Å². The molecule has 0 bridgehead atoms. The zero-order valence-electron chi connectivity index (χ0n) is 14.8. The van der Waals surface area contributed by atoms with Crippen molar-refractivity contribution in [1.82, 2.24) is 4.90 Å². The Morgan fingerprint density at radius 3 is 2.44 bits per heavy atom. The van der Waals surface area contributed by atoms with Crippen molar-refractivity contribution >= 4 is 5.91 Å². The standard InChI is InChI=1S/C21H26N2O2/c1-25-19-12-10-17(11-13-19)20-5-3-2-4-14-23(20)21(24)18-8-6-16(15-22)7-9-18/h6-13,20H,2-5,14-15,22H2,1H3. The van der Waals surface area contributed by atoms with Crippen LogP contribution in [0.25, 0.3) is 0 Å². The summed E-state index contributed by atoms with van der Waals surface area (Å²) in [6.07, 6.45) is 4.37. The van der Waals surface area contributed by atoms with Crippen LogP contribution in [0.3, 0.4) is 0 Å². The average Bonchev–Trinajstić information content (AvgIpc) is 2.93. The number of hydrogen-bond acceptors (Lipinski definition) is 3. The molecule has 2 N–H and O–H groups in total. The van der Waals surface area contributed by atoms with Crippen LogP contribution < -0.4 is 10.5 Å². The fraction of sp³-hybridized carbons (Fsp3) is 0.381. The molecule has 3 rings (SSSR count). The van der Waals surface area contributed by atoms with Gasteiger partial charge in [0.15, 0.2) is 0 Å². The second kappa shape index (κ2) is 8.17. The molecule has 2 aromatic rings. The van der Waals surface area contributed by atoms with Crippen LogP contribution >= 0.6 is 0 Å². The van der Waals surface area contributed by atoms with E-state index in [4.69, 9.17) is 10.5 Å². The van der Waals surface area contributed by atoms with Gasteiger partial charge in [-0.2, -0.15) is 0 Å². The summed E-state index contributed by atoms with van der Waals surface area (Å²) in [4.78, 5) is 15.2. The predicted octanol–water partition coefficient (Wildman–Crippen LogP) is 3.91. The minimum Gasteiger partial charge on any atom is -0.497 e. The summed E-state index contributed by atoms with van der Waals surface area (Å²) in [7, 11) is 1.67. The van der Waals surface area contributed by atoms with Gasteiger partial charge in [-0.25, -0.2) is 0 Å². The third kappa shape index (κ3) is 4.02. The lowest BCUT2D eigenvalue weighted by Gasteiger charge is -2.31. The van der Waals surface area contributed by atoms with Crippen LogP contribution in [0.4, 0.5) is 0 Å². The van der Waals surface area contributed by atoms with Gasteiger partial charge < -0.3 is 15.4 Å². The van der Waals surface area contributed by atoms with E-state index in [1.807, 2.05) is 41.3 Å². The Labute approximate surface area is 149 Å². The third-order valence-corrected chi connectivity index (χ3v) is 4.95. The number of hydrogen-bond donors (Lipinski definition) is 1. The molecule has 1 atom stereocenters. The van der Waals surface area contributed by atoms with E-state index < -0.39 is 0 Å². The fourth-order valence-electron chi connectivity index (χ4n) is 3.47. The highest BCUT2D eigenvalue weighted by molar-refractivity contribution is 5.94. The first-order valence-corrected chi connectivity index (χ1v) is 8.97. The van der Waals surface area contributed by atoms with Gasteiger partial charge in [0.05, 0.1) is 13.2 Å². The highest BCUT2D eigenvalue weighted by Crippen LogP contribution is 2.32. The number of carbonyl (C=O) groups excluding carboxylic acids is 1. The van der Waals surface area contributed by atoms with Crippen LogP contribution in [0, 0.1) is 0 Å². The Bertz CT molecular complexity index is 695. The molecule has 1 unspecified atom stereocenters. The second-order valence-corrected chi connectivity index (χ2v) is 6.54. The van der Waals surface area contributed by atoms with Crippen molar-refractivity contribution in [2.45, 2.75) is 38.3 Å². The lowest BCUT2D eigenvalue weighted by Crippen LogP contribution is -2.34. The smallest absolute Gasteiger partial charge is 0.254 e. The minimum absolute atomic E-state index is 0.103. The first kappa shape index (κ1) is 17.5. The fourth-order valence-corrected chi connectivity index (χ4v) is 3.47. The zero-order valence-corrected chi connectivity index (χ0v) is 14.8. The van der Waals surface area contributed by atoms with E-state index >= 15 is 0 Å². The van der Waals surface area contributed by atoms with Crippen molar-refractivity contribution in [3.63, 3.8) is 0 Å². The molecule has 4 nitrogen and oxygen atoms in total. The minimum atomic E-state index is 0.103. The van der Waals surface area contributed by atoms with Crippen LogP contribution in [0.5, 0.6) is 5.75 Å². The monoisotopic (exact) mass is 338 g/mol. The Morgan fingerprint density at radius 1 is 1.08 bits per heavy atom. The van der Waals surface area contributed by atoms with E-state index in [-0.39, 0.29) is 11.9 Å². The van der Waals surface area contributed by atoms with E-state index in [0.29, 0.717) is 6.54 Å². The van der Waals surface area contributed by atoms with Crippen LogP contribution in [0.2, 0.25) is 0 Å². The predicted molar refractivity (Wildman–Crippen MR) is 99.6 cm³/mol. The number of benzene rings is 2. The molecule has 0 aliphatic carbocycles. The molecule has 0 radical (unpaired) electrons. The van der Waals surface area contributed by atoms with Gasteiger partial charge in [0.25, 0.3) is 5.91 Å². The summed E-state index contributed by atoms with van der Waals surface area (Å²) in [6, 6.07) is 15.9. The van der Waals surface area contributed by atoms with Gasteiger partial charge in [-0.3, -0.25) is 4.79 Å². The molecule has 1 fully saturated rings. The summed E-state index contributed by atoms with van der Waals surface area (Å²) in [5.74, 6) is 0.943. The molecule has 0 saturated carbocycles. The summed E-state index contributed by atoms with van der Waals surface area (Å²) < 4.78 is 5.26. The highest BCUT2D eigenvalue weighted by Gasteiger charge is 2.27. The van der Waals surface area contributed by atoms with Crippen molar-refractivity contribution in [2.24, 2.45) is 5.73 Å². The van der Waals surface area contributed by atoms with Crippen molar-refractivity contribution in [2.75, 3.05) is 13.7 Å². The molecule has 132 valence electrons. The van der Waals surface area contributed by atoms with Crippen molar-refractivity contribution < 1.29 is 9.53 Å². The molecular formula is C21H26N2O2. The number of rotatable bonds is 4. The number of methoxy groups -OCH3 is 1. The van der Waals surface area contributed by atoms with Crippen LogP contribution in [0.15, 0.2) is 48.5 Å². The zero-order chi connectivity index (χ0) is 17.6. The lowest BCUT2D eigenvalue weighted by atomic mass is 9.99. The number of ether oxygens (including phenoxy) is 1. The maximum absolute atomic E-state index is 13.1. The molecule has 1 amide bonds. The van der Waals surface area contributed by atoms with E-state index in [0.717, 1.165) is 42.7 Å². The lowest BCUT2D eigenvalue weighted by molar-refractivity contribution is 0.0681. The first-order valence-electron chi connectivity index (χ1n) is 8.97. The van der Waals surface area contributed by atoms with Gasteiger partial charge in [0.2, 0.25) is 0 Å². The number of nitrogens with zero attached hydrogens (tertiary/aromatic N) is 1. The normalized spacial score (nSPS) is 17.8. The molecule has 0 spiro atoms. The van der Waals surface area contributed by atoms with Crippen molar-refractivity contribution in [3.05, 3.63) is 65.2 Å². The molecule has 1 aliphatic heterocycles. The number of carbonyl (C=O) groups is 1. The third-order valence-electron chi connectivity index (χ3n) is 4.95. The van der Waals surface area contributed by atoms with Gasteiger partial charge in [0.1, 0.15) is 5.75 Å². The molecule has 4 heteroatoms. The molecular weight excluding hydrogens is 312 g/mol. The number of likely N-dealkylation sites (tertiary alicyclic amines) is 1. The van der Waals surface area contributed by atoms with Crippen LogP contribution in [0.1, 0.15) is 53.2 Å². The summed E-state index contributed by atoms with van der Waals surface area (Å²) >= 11 is 0. The van der Waals surface area contributed by atoms with Gasteiger partial charge in [-0.1, -0.05) is 37.1 Å².